The van der Waals surface area contributed by atoms with Gasteiger partial charge in [-0.3, -0.25) is 9.48 Å². The number of nitrogens with one attached hydrogen (secondary N) is 1. The van der Waals surface area contributed by atoms with E-state index in [1.807, 2.05) is 17.0 Å². The number of amides is 1. The average molecular weight is 245 g/mol. The van der Waals surface area contributed by atoms with Crippen LogP contribution in [-0.2, 0) is 11.3 Å². The summed E-state index contributed by atoms with van der Waals surface area (Å²) < 4.78 is 1.81. The van der Waals surface area contributed by atoms with Crippen molar-refractivity contribution in [1.29, 1.82) is 0 Å². The van der Waals surface area contributed by atoms with E-state index in [1.165, 1.54) is 5.57 Å². The molecule has 0 aromatic carbocycles. The van der Waals surface area contributed by atoms with Crippen molar-refractivity contribution in [3.8, 4) is 0 Å². The molecule has 1 N–H and O–H groups in total. The van der Waals surface area contributed by atoms with E-state index in [1.54, 1.807) is 0 Å². The second kappa shape index (κ2) is 6.14. The largest absolute Gasteiger partial charge is 0.356 e. The molecule has 0 unspecified atom stereocenters. The lowest BCUT2D eigenvalue weighted by molar-refractivity contribution is -0.120. The molecule has 95 valence electrons. The number of hydrogen-bond acceptors (Lipinski definition) is 3. The van der Waals surface area contributed by atoms with Gasteiger partial charge in [0.2, 0.25) is 5.91 Å². The molecule has 0 atom stereocenters. The first-order valence-corrected chi connectivity index (χ1v) is 6.12. The molecule has 1 aromatic heterocycles. The van der Waals surface area contributed by atoms with Crippen LogP contribution in [0.1, 0.15) is 25.0 Å². The number of rotatable bonds is 6. The summed E-state index contributed by atoms with van der Waals surface area (Å²) in [5.74, 6) is -0.0172. The van der Waals surface area contributed by atoms with Gasteiger partial charge in [-0.05, 0) is 25.3 Å². The molecular weight excluding hydrogens is 228 g/mol. The lowest BCUT2D eigenvalue weighted by Crippen LogP contribution is -2.24. The third-order valence-electron chi connectivity index (χ3n) is 2.75. The second-order valence-electron chi connectivity index (χ2n) is 4.14. The van der Waals surface area contributed by atoms with E-state index in [2.05, 4.69) is 34.7 Å². The zero-order valence-electron chi connectivity index (χ0n) is 10.3. The van der Waals surface area contributed by atoms with Crippen LogP contribution in [0.15, 0.2) is 24.4 Å². The molecule has 0 spiro atoms. The van der Waals surface area contributed by atoms with Crippen molar-refractivity contribution in [2.75, 3.05) is 6.54 Å². The first kappa shape index (κ1) is 12.5. The Bertz CT molecular complexity index is 473. The van der Waals surface area contributed by atoms with Gasteiger partial charge >= 0.3 is 0 Å². The third-order valence-corrected chi connectivity index (χ3v) is 2.75. The Morgan fingerprint density at radius 1 is 1.56 bits per heavy atom. The Labute approximate surface area is 107 Å². The molecule has 1 aliphatic rings. The highest BCUT2D eigenvalue weighted by atomic mass is 16.1. The van der Waals surface area contributed by atoms with Crippen molar-refractivity contribution in [3.05, 3.63) is 37.0 Å². The van der Waals surface area contributed by atoms with Crippen LogP contribution in [0.5, 0.6) is 0 Å². The summed E-state index contributed by atoms with van der Waals surface area (Å²) in [7, 11) is 0. The van der Waals surface area contributed by atoms with Crippen LogP contribution < -0.4 is 5.32 Å². The summed E-state index contributed by atoms with van der Waals surface area (Å²) in [6, 6.07) is 0. The molecule has 0 fully saturated rings. The van der Waals surface area contributed by atoms with Crippen LogP contribution in [0.2, 0.25) is 0 Å². The highest BCUT2D eigenvalue weighted by molar-refractivity contribution is 5.76. The van der Waals surface area contributed by atoms with E-state index in [0.717, 1.165) is 25.1 Å². The molecule has 0 saturated heterocycles. The van der Waals surface area contributed by atoms with Crippen molar-refractivity contribution >= 4 is 11.5 Å². The summed E-state index contributed by atoms with van der Waals surface area (Å²) in [6.07, 6.45) is 10.2. The topological polar surface area (TPSA) is 59.8 Å². The predicted octanol–water partition coefficient (Wildman–Crippen LogP) is 1.35. The quantitative estimate of drug-likeness (QED) is 0.770. The Balaban J connectivity index is 1.75. The number of allylic oxidation sites excluding steroid dienone is 4. The highest BCUT2D eigenvalue weighted by Crippen LogP contribution is 2.20. The summed E-state index contributed by atoms with van der Waals surface area (Å²) in [6.45, 7) is 4.92. The van der Waals surface area contributed by atoms with Crippen molar-refractivity contribution in [3.63, 3.8) is 0 Å². The van der Waals surface area contributed by atoms with Crippen molar-refractivity contribution in [1.82, 2.24) is 20.3 Å². The number of nitrogens with zero attached hydrogens (tertiary/aromatic N) is 3. The summed E-state index contributed by atoms with van der Waals surface area (Å²) >= 11 is 0. The Kier molecular flexibility index (Phi) is 4.28. The highest BCUT2D eigenvalue weighted by Gasteiger charge is 2.07. The third kappa shape index (κ3) is 3.29. The van der Waals surface area contributed by atoms with Crippen LogP contribution >= 0.6 is 0 Å². The van der Waals surface area contributed by atoms with Crippen LogP contribution in [-0.4, -0.2) is 27.4 Å². The summed E-state index contributed by atoms with van der Waals surface area (Å²) in [5.41, 5.74) is 2.13. The molecule has 0 aliphatic heterocycles. The van der Waals surface area contributed by atoms with E-state index in [0.29, 0.717) is 6.54 Å². The standard InChI is InChI=1S/C13H17N4O/c1-2-13(18)14-8-5-9-17-10-12(15-16-17)11-6-3-4-7-11/h3-4,6,10H,1-2,5,7-9H2,(H,14,18). The van der Waals surface area contributed by atoms with Gasteiger partial charge in [0.15, 0.2) is 0 Å². The van der Waals surface area contributed by atoms with Gasteiger partial charge in [-0.15, -0.1) is 5.10 Å². The van der Waals surface area contributed by atoms with Crippen molar-refractivity contribution in [2.45, 2.75) is 25.8 Å². The van der Waals surface area contributed by atoms with E-state index >= 15 is 0 Å². The average Bonchev–Trinajstić information content (AvgIpc) is 3.04. The molecule has 1 aromatic rings. The second-order valence-corrected chi connectivity index (χ2v) is 4.14. The molecular formula is C13H17N4O. The number of carbonyl (C=O) groups excluding carboxylic acids is 1. The Morgan fingerprint density at radius 3 is 3.17 bits per heavy atom. The number of carbonyl (C=O) groups is 1. The molecule has 1 radical (unpaired) electrons. The van der Waals surface area contributed by atoms with Crippen LogP contribution in [0.3, 0.4) is 0 Å². The summed E-state index contributed by atoms with van der Waals surface area (Å²) in [5, 5.41) is 11.0. The Hall–Kier alpha value is -1.91. The molecule has 0 saturated carbocycles. The zero-order valence-corrected chi connectivity index (χ0v) is 10.3. The van der Waals surface area contributed by atoms with Crippen LogP contribution in [0, 0.1) is 6.92 Å². The molecule has 18 heavy (non-hydrogen) atoms. The zero-order chi connectivity index (χ0) is 12.8. The maximum absolute atomic E-state index is 11.0. The fourth-order valence-electron chi connectivity index (χ4n) is 1.75. The van der Waals surface area contributed by atoms with Gasteiger partial charge in [-0.1, -0.05) is 23.4 Å². The van der Waals surface area contributed by atoms with Gasteiger partial charge in [0, 0.05) is 19.5 Å². The smallest absolute Gasteiger partial charge is 0.219 e. The van der Waals surface area contributed by atoms with E-state index in [-0.39, 0.29) is 12.3 Å². The van der Waals surface area contributed by atoms with Gasteiger partial charge in [-0.2, -0.15) is 0 Å². The fraction of sp³-hybridized carbons (Fsp3) is 0.385. The van der Waals surface area contributed by atoms with Gasteiger partial charge in [-0.25, -0.2) is 0 Å². The predicted molar refractivity (Wildman–Crippen MR) is 69.4 cm³/mol. The molecule has 0 bridgehead atoms. The minimum atomic E-state index is -0.0172. The lowest BCUT2D eigenvalue weighted by Gasteiger charge is -2.02. The molecule has 1 aliphatic carbocycles. The fourth-order valence-corrected chi connectivity index (χ4v) is 1.75. The monoisotopic (exact) mass is 245 g/mol. The number of hydrogen-bond donors (Lipinski definition) is 1. The first-order valence-electron chi connectivity index (χ1n) is 6.12. The van der Waals surface area contributed by atoms with Crippen molar-refractivity contribution < 1.29 is 4.79 Å². The number of aromatic nitrogens is 3. The first-order chi connectivity index (χ1) is 8.79. The number of aryl methyl sites for hydroxylation is 1. The van der Waals surface area contributed by atoms with Gasteiger partial charge in [0.05, 0.1) is 6.20 Å². The lowest BCUT2D eigenvalue weighted by atomic mass is 10.2. The van der Waals surface area contributed by atoms with E-state index in [4.69, 9.17) is 0 Å². The molecule has 2 rings (SSSR count). The molecule has 5 nitrogen and oxygen atoms in total. The summed E-state index contributed by atoms with van der Waals surface area (Å²) in [4.78, 5) is 11.0. The molecule has 5 heteroatoms. The minimum absolute atomic E-state index is 0.0172. The normalized spacial score (nSPS) is 13.7. The maximum Gasteiger partial charge on any atom is 0.219 e. The Morgan fingerprint density at radius 2 is 2.44 bits per heavy atom. The van der Waals surface area contributed by atoms with Gasteiger partial charge in [0.25, 0.3) is 0 Å². The molecule has 1 amide bonds. The van der Waals surface area contributed by atoms with Crippen LogP contribution in [0.4, 0.5) is 0 Å². The SMILES string of the molecule is [CH2]CC(=O)NCCCn1cc(C2=CC=CC2)nn1. The minimum Gasteiger partial charge on any atom is -0.356 e. The maximum atomic E-state index is 11.0. The van der Waals surface area contributed by atoms with Gasteiger partial charge < -0.3 is 5.32 Å². The van der Waals surface area contributed by atoms with Crippen LogP contribution in [0.25, 0.3) is 5.57 Å². The molecule has 1 heterocycles. The van der Waals surface area contributed by atoms with Gasteiger partial charge in [0.1, 0.15) is 5.69 Å². The van der Waals surface area contributed by atoms with E-state index < -0.39 is 0 Å². The van der Waals surface area contributed by atoms with Crippen molar-refractivity contribution in [2.24, 2.45) is 0 Å². The van der Waals surface area contributed by atoms with E-state index in [9.17, 15) is 4.79 Å².